The topological polar surface area (TPSA) is 88.8 Å². The fourth-order valence-corrected chi connectivity index (χ4v) is 2.73. The van der Waals surface area contributed by atoms with E-state index in [1.165, 1.54) is 10.7 Å². The molecule has 0 atom stereocenters. The van der Waals surface area contributed by atoms with Crippen molar-refractivity contribution in [2.24, 2.45) is 10.2 Å². The number of hydrogen-bond acceptors (Lipinski definition) is 5. The number of carbonyl (C=O) groups is 1. The molecule has 0 fully saturated rings. The zero-order chi connectivity index (χ0) is 20.3. The van der Waals surface area contributed by atoms with Gasteiger partial charge in [0.1, 0.15) is 0 Å². The van der Waals surface area contributed by atoms with Gasteiger partial charge < -0.3 is 4.74 Å². The third kappa shape index (κ3) is 4.20. The van der Waals surface area contributed by atoms with Crippen molar-refractivity contribution in [1.82, 2.24) is 9.78 Å². The number of nitrogens with zero attached hydrogens (tertiary/aromatic N) is 3. The smallest absolute Gasteiger partial charge is 0.339 e. The highest BCUT2D eigenvalue weighted by atomic mass is 35.5. The fourth-order valence-electron chi connectivity index (χ4n) is 2.53. The van der Waals surface area contributed by atoms with E-state index in [2.05, 4.69) is 15.3 Å². The summed E-state index contributed by atoms with van der Waals surface area (Å²) in [6.45, 7) is 5.24. The summed E-state index contributed by atoms with van der Waals surface area (Å²) in [6, 6.07) is 13.8. The van der Waals surface area contributed by atoms with Crippen molar-refractivity contribution >= 4 is 28.9 Å². The maximum absolute atomic E-state index is 12.6. The van der Waals surface area contributed by atoms with Crippen molar-refractivity contribution in [3.63, 3.8) is 0 Å². The lowest BCUT2D eigenvalue weighted by Crippen LogP contribution is -2.13. The molecule has 1 N–H and O–H groups in total. The maximum Gasteiger partial charge on any atom is 0.339 e. The van der Waals surface area contributed by atoms with Gasteiger partial charge in [-0.2, -0.15) is 5.11 Å². The second kappa shape index (κ2) is 8.22. The Labute approximate surface area is 166 Å². The van der Waals surface area contributed by atoms with Gasteiger partial charge in [-0.15, -0.1) is 5.11 Å². The number of nitrogens with one attached hydrogen (secondary N) is 1. The number of aromatic nitrogens is 2. The van der Waals surface area contributed by atoms with Gasteiger partial charge in [0.2, 0.25) is 0 Å². The van der Waals surface area contributed by atoms with Gasteiger partial charge in [-0.25, -0.2) is 9.48 Å². The van der Waals surface area contributed by atoms with E-state index in [4.69, 9.17) is 16.3 Å². The first kappa shape index (κ1) is 19.6. The molecule has 0 saturated carbocycles. The van der Waals surface area contributed by atoms with E-state index in [1.54, 1.807) is 32.9 Å². The first-order chi connectivity index (χ1) is 13.4. The van der Waals surface area contributed by atoms with E-state index in [0.29, 0.717) is 17.1 Å². The highest BCUT2D eigenvalue weighted by Gasteiger charge is 2.15. The number of rotatable bonds is 5. The molecular weight excluding hydrogens is 380 g/mol. The highest BCUT2D eigenvalue weighted by Crippen LogP contribution is 2.25. The monoisotopic (exact) mass is 398 g/mol. The number of H-pyrrole nitrogens is 1. The van der Waals surface area contributed by atoms with E-state index in [-0.39, 0.29) is 27.9 Å². The molecule has 144 valence electrons. The number of azo groups is 1. The van der Waals surface area contributed by atoms with Crippen LogP contribution in [-0.4, -0.2) is 21.9 Å². The van der Waals surface area contributed by atoms with Crippen LogP contribution in [0.3, 0.4) is 0 Å². The normalized spacial score (nSPS) is 11.3. The Morgan fingerprint density at radius 2 is 1.86 bits per heavy atom. The number of aromatic amines is 1. The first-order valence-electron chi connectivity index (χ1n) is 8.66. The molecule has 0 unspecified atom stereocenters. The first-order valence-corrected chi connectivity index (χ1v) is 9.04. The van der Waals surface area contributed by atoms with Crippen LogP contribution in [0.2, 0.25) is 5.02 Å². The number of aryl methyl sites for hydroxylation is 1. The summed E-state index contributed by atoms with van der Waals surface area (Å²) in [6.07, 6.45) is -0.271. The van der Waals surface area contributed by atoms with E-state index in [1.807, 2.05) is 30.3 Å². The third-order valence-corrected chi connectivity index (χ3v) is 4.16. The van der Waals surface area contributed by atoms with Crippen molar-refractivity contribution in [3.8, 4) is 5.69 Å². The van der Waals surface area contributed by atoms with Crippen LogP contribution in [0.5, 0.6) is 0 Å². The standard InChI is InChI=1S/C20H19ClN4O3/c1-12(2)28-20(27)16-11-14(9-10-17(16)21)22-23-18-13(3)24-25(19(18)26)15-7-5-4-6-8-15/h4-12,24H,1-3H3. The number of benzene rings is 2. The second-order valence-electron chi connectivity index (χ2n) is 6.38. The van der Waals surface area contributed by atoms with Crippen LogP contribution in [-0.2, 0) is 4.74 Å². The molecule has 28 heavy (non-hydrogen) atoms. The molecule has 0 aliphatic heterocycles. The molecule has 1 aromatic heterocycles. The molecule has 7 nitrogen and oxygen atoms in total. The van der Waals surface area contributed by atoms with E-state index >= 15 is 0 Å². The van der Waals surface area contributed by atoms with Gasteiger partial charge in [-0.05, 0) is 51.1 Å². The summed E-state index contributed by atoms with van der Waals surface area (Å²) in [5, 5.41) is 11.4. The van der Waals surface area contributed by atoms with Crippen LogP contribution in [0.25, 0.3) is 5.69 Å². The lowest BCUT2D eigenvalue weighted by Gasteiger charge is -2.09. The van der Waals surface area contributed by atoms with E-state index in [0.717, 1.165) is 0 Å². The van der Waals surface area contributed by atoms with Gasteiger partial charge in [0.05, 0.1) is 33.8 Å². The largest absolute Gasteiger partial charge is 0.459 e. The molecule has 2 aromatic carbocycles. The summed E-state index contributed by atoms with van der Waals surface area (Å²) < 4.78 is 6.57. The molecule has 8 heteroatoms. The number of esters is 1. The molecular formula is C20H19ClN4O3. The third-order valence-electron chi connectivity index (χ3n) is 3.83. The van der Waals surface area contributed by atoms with E-state index in [9.17, 15) is 9.59 Å². The Balaban J connectivity index is 1.92. The minimum absolute atomic E-state index is 0.185. The molecule has 1 heterocycles. The molecule has 0 amide bonds. The Hall–Kier alpha value is -3.19. The molecule has 0 aliphatic carbocycles. The van der Waals surface area contributed by atoms with Crippen LogP contribution < -0.4 is 5.56 Å². The van der Waals surface area contributed by atoms with E-state index < -0.39 is 5.97 Å². The molecule has 0 saturated heterocycles. The summed E-state index contributed by atoms with van der Waals surface area (Å²) in [4.78, 5) is 24.8. The summed E-state index contributed by atoms with van der Waals surface area (Å²) in [7, 11) is 0. The predicted octanol–water partition coefficient (Wildman–Crippen LogP) is 5.11. The zero-order valence-electron chi connectivity index (χ0n) is 15.6. The van der Waals surface area contributed by atoms with Crippen LogP contribution in [0.4, 0.5) is 11.4 Å². The Morgan fingerprint density at radius 1 is 1.14 bits per heavy atom. The van der Waals surface area contributed by atoms with Crippen LogP contribution in [0.15, 0.2) is 63.6 Å². The maximum atomic E-state index is 12.6. The van der Waals surface area contributed by atoms with Gasteiger partial charge >= 0.3 is 5.97 Å². The molecule has 0 radical (unpaired) electrons. The second-order valence-corrected chi connectivity index (χ2v) is 6.79. The number of hydrogen-bond donors (Lipinski definition) is 1. The lowest BCUT2D eigenvalue weighted by molar-refractivity contribution is 0.0378. The van der Waals surface area contributed by atoms with Gasteiger partial charge in [-0.3, -0.25) is 9.89 Å². The molecule has 0 aliphatic rings. The number of para-hydroxylation sites is 1. The zero-order valence-corrected chi connectivity index (χ0v) is 16.4. The highest BCUT2D eigenvalue weighted by molar-refractivity contribution is 6.33. The van der Waals surface area contributed by atoms with Crippen LogP contribution in [0.1, 0.15) is 29.9 Å². The van der Waals surface area contributed by atoms with Crippen molar-refractivity contribution in [2.45, 2.75) is 26.9 Å². The summed E-state index contributed by atoms with van der Waals surface area (Å²) in [5.74, 6) is -0.540. The number of halogens is 1. The fraction of sp³-hybridized carbons (Fsp3) is 0.200. The van der Waals surface area contributed by atoms with Crippen molar-refractivity contribution in [2.75, 3.05) is 0 Å². The van der Waals surface area contributed by atoms with Gasteiger partial charge in [0.15, 0.2) is 5.69 Å². The van der Waals surface area contributed by atoms with Gasteiger partial charge in [0.25, 0.3) is 5.56 Å². The number of carbonyl (C=O) groups excluding carboxylic acids is 1. The lowest BCUT2D eigenvalue weighted by atomic mass is 10.2. The van der Waals surface area contributed by atoms with Crippen LogP contribution in [0, 0.1) is 6.92 Å². The Morgan fingerprint density at radius 3 is 2.54 bits per heavy atom. The molecule has 3 aromatic rings. The minimum atomic E-state index is -0.540. The number of ether oxygens (including phenoxy) is 1. The average Bonchev–Trinajstić information content (AvgIpc) is 2.95. The Kier molecular flexibility index (Phi) is 5.75. The summed E-state index contributed by atoms with van der Waals surface area (Å²) >= 11 is 6.08. The van der Waals surface area contributed by atoms with Gasteiger partial charge in [-0.1, -0.05) is 29.8 Å². The Bertz CT molecular complexity index is 1080. The van der Waals surface area contributed by atoms with Crippen molar-refractivity contribution in [1.29, 1.82) is 0 Å². The minimum Gasteiger partial charge on any atom is -0.459 e. The van der Waals surface area contributed by atoms with Crippen molar-refractivity contribution in [3.05, 3.63) is 75.2 Å². The molecule has 0 spiro atoms. The van der Waals surface area contributed by atoms with Crippen molar-refractivity contribution < 1.29 is 9.53 Å². The molecule has 3 rings (SSSR count). The van der Waals surface area contributed by atoms with Crippen LogP contribution >= 0.6 is 11.6 Å². The average molecular weight is 399 g/mol. The molecule has 0 bridgehead atoms. The van der Waals surface area contributed by atoms with Gasteiger partial charge in [0, 0.05) is 0 Å². The predicted molar refractivity (Wildman–Crippen MR) is 107 cm³/mol. The SMILES string of the molecule is Cc1[nH]n(-c2ccccc2)c(=O)c1N=Nc1ccc(Cl)c(C(=O)OC(C)C)c1. The quantitative estimate of drug-likeness (QED) is 0.478. The summed E-state index contributed by atoms with van der Waals surface area (Å²) in [5.41, 5.74) is 1.71.